The Bertz CT molecular complexity index is 456. The van der Waals surface area contributed by atoms with Crippen molar-refractivity contribution < 1.29 is 14.7 Å². The van der Waals surface area contributed by atoms with Crippen molar-refractivity contribution in [3.63, 3.8) is 0 Å². The molecule has 0 bridgehead atoms. The fourth-order valence-corrected chi connectivity index (χ4v) is 1.80. The second-order valence-electron chi connectivity index (χ2n) is 4.05. The number of carbonyl (C=O) groups excluding carboxylic acids is 1. The molecule has 1 fully saturated rings. The first-order chi connectivity index (χ1) is 8.66. The predicted molar refractivity (Wildman–Crippen MR) is 66.9 cm³/mol. The van der Waals surface area contributed by atoms with Gasteiger partial charge >= 0.3 is 12.0 Å². The number of nitrogens with zero attached hydrogens (tertiary/aromatic N) is 1. The molecule has 2 amide bonds. The minimum atomic E-state index is -1.01. The van der Waals surface area contributed by atoms with E-state index in [9.17, 15) is 9.59 Å². The van der Waals surface area contributed by atoms with E-state index in [0.717, 1.165) is 13.1 Å². The van der Waals surface area contributed by atoms with Crippen LogP contribution in [0.3, 0.4) is 0 Å². The van der Waals surface area contributed by atoms with Crippen molar-refractivity contribution in [1.82, 2.24) is 10.2 Å². The molecule has 1 aliphatic heterocycles. The van der Waals surface area contributed by atoms with E-state index in [-0.39, 0.29) is 11.6 Å². The molecule has 3 N–H and O–H groups in total. The van der Waals surface area contributed by atoms with E-state index in [4.69, 9.17) is 5.11 Å². The van der Waals surface area contributed by atoms with Gasteiger partial charge in [0, 0.05) is 31.9 Å². The molecule has 1 aromatic rings. The molecule has 6 heteroatoms. The molecular formula is C12H15N3O3. The quantitative estimate of drug-likeness (QED) is 0.725. The average Bonchev–Trinajstić information content (AvgIpc) is 2.40. The number of benzene rings is 1. The highest BCUT2D eigenvalue weighted by Crippen LogP contribution is 2.11. The van der Waals surface area contributed by atoms with E-state index in [1.165, 1.54) is 12.1 Å². The molecule has 1 aromatic carbocycles. The summed E-state index contributed by atoms with van der Waals surface area (Å²) < 4.78 is 0. The Labute approximate surface area is 105 Å². The number of piperazine rings is 1. The van der Waals surface area contributed by atoms with Crippen LogP contribution >= 0.6 is 0 Å². The average molecular weight is 249 g/mol. The maximum absolute atomic E-state index is 11.9. The van der Waals surface area contributed by atoms with Crippen LogP contribution in [0.25, 0.3) is 0 Å². The molecule has 0 radical (unpaired) electrons. The summed E-state index contributed by atoms with van der Waals surface area (Å²) in [5.41, 5.74) is 0.659. The van der Waals surface area contributed by atoms with E-state index >= 15 is 0 Å². The van der Waals surface area contributed by atoms with Crippen molar-refractivity contribution in [3.05, 3.63) is 29.8 Å². The maximum Gasteiger partial charge on any atom is 0.335 e. The number of amides is 2. The Morgan fingerprint density at radius 2 is 2.00 bits per heavy atom. The van der Waals surface area contributed by atoms with E-state index < -0.39 is 5.97 Å². The second kappa shape index (κ2) is 5.50. The second-order valence-corrected chi connectivity index (χ2v) is 4.05. The van der Waals surface area contributed by atoms with Crippen LogP contribution in [0.15, 0.2) is 24.3 Å². The zero-order valence-corrected chi connectivity index (χ0v) is 9.85. The number of hydrogen-bond acceptors (Lipinski definition) is 3. The lowest BCUT2D eigenvalue weighted by molar-refractivity contribution is 0.0697. The van der Waals surface area contributed by atoms with Gasteiger partial charge in [0.15, 0.2) is 0 Å². The largest absolute Gasteiger partial charge is 0.478 e. The minimum Gasteiger partial charge on any atom is -0.478 e. The number of anilines is 1. The van der Waals surface area contributed by atoms with Gasteiger partial charge in [-0.15, -0.1) is 0 Å². The Morgan fingerprint density at radius 1 is 1.28 bits per heavy atom. The molecule has 1 saturated heterocycles. The van der Waals surface area contributed by atoms with Gasteiger partial charge in [-0.25, -0.2) is 9.59 Å². The number of urea groups is 1. The number of carboxylic acids is 1. The van der Waals surface area contributed by atoms with E-state index in [0.29, 0.717) is 18.8 Å². The lowest BCUT2D eigenvalue weighted by atomic mass is 10.2. The third-order valence-electron chi connectivity index (χ3n) is 2.77. The summed E-state index contributed by atoms with van der Waals surface area (Å²) in [6.45, 7) is 2.88. The number of hydrogen-bond donors (Lipinski definition) is 3. The lowest BCUT2D eigenvalue weighted by Gasteiger charge is -2.27. The molecule has 2 rings (SSSR count). The normalized spacial score (nSPS) is 15.2. The SMILES string of the molecule is O=C(O)c1cccc(NC(=O)N2CCNCC2)c1. The highest BCUT2D eigenvalue weighted by molar-refractivity contribution is 5.93. The molecule has 18 heavy (non-hydrogen) atoms. The highest BCUT2D eigenvalue weighted by atomic mass is 16.4. The van der Waals surface area contributed by atoms with Gasteiger partial charge in [0.1, 0.15) is 0 Å². The Kier molecular flexibility index (Phi) is 3.78. The Morgan fingerprint density at radius 3 is 2.67 bits per heavy atom. The van der Waals surface area contributed by atoms with Gasteiger partial charge in [0.05, 0.1) is 5.56 Å². The van der Waals surface area contributed by atoms with Gasteiger partial charge in [-0.1, -0.05) is 6.07 Å². The number of aromatic carboxylic acids is 1. The van der Waals surface area contributed by atoms with Gasteiger partial charge in [-0.05, 0) is 18.2 Å². The Hall–Kier alpha value is -2.08. The van der Waals surface area contributed by atoms with Crippen molar-refractivity contribution in [2.24, 2.45) is 0 Å². The molecule has 0 spiro atoms. The first-order valence-corrected chi connectivity index (χ1v) is 5.77. The number of rotatable bonds is 2. The van der Waals surface area contributed by atoms with Crippen LogP contribution < -0.4 is 10.6 Å². The summed E-state index contributed by atoms with van der Waals surface area (Å²) in [5.74, 6) is -1.01. The summed E-state index contributed by atoms with van der Waals surface area (Å²) in [5, 5.41) is 14.7. The van der Waals surface area contributed by atoms with Crippen LogP contribution in [-0.4, -0.2) is 48.2 Å². The third-order valence-corrected chi connectivity index (χ3v) is 2.77. The standard InChI is InChI=1S/C12H15N3O3/c16-11(17)9-2-1-3-10(8-9)14-12(18)15-6-4-13-5-7-15/h1-3,8,13H,4-7H2,(H,14,18)(H,16,17). The lowest BCUT2D eigenvalue weighted by Crippen LogP contribution is -2.48. The molecule has 0 atom stereocenters. The van der Waals surface area contributed by atoms with Gasteiger partial charge in [-0.2, -0.15) is 0 Å². The van der Waals surface area contributed by atoms with Crippen molar-refractivity contribution in [3.8, 4) is 0 Å². The molecule has 6 nitrogen and oxygen atoms in total. The number of carbonyl (C=O) groups is 2. The van der Waals surface area contributed by atoms with E-state index in [1.54, 1.807) is 17.0 Å². The van der Waals surface area contributed by atoms with Crippen LogP contribution in [0, 0.1) is 0 Å². The van der Waals surface area contributed by atoms with E-state index in [2.05, 4.69) is 10.6 Å². The van der Waals surface area contributed by atoms with Crippen LogP contribution in [0.2, 0.25) is 0 Å². The van der Waals surface area contributed by atoms with Crippen LogP contribution in [0.5, 0.6) is 0 Å². The van der Waals surface area contributed by atoms with E-state index in [1.807, 2.05) is 0 Å². The fourth-order valence-electron chi connectivity index (χ4n) is 1.80. The minimum absolute atomic E-state index is 0.160. The molecule has 0 unspecified atom stereocenters. The van der Waals surface area contributed by atoms with Crippen LogP contribution in [0.1, 0.15) is 10.4 Å². The van der Waals surface area contributed by atoms with Gasteiger partial charge in [0.25, 0.3) is 0 Å². The van der Waals surface area contributed by atoms with Gasteiger partial charge in [-0.3, -0.25) is 0 Å². The number of nitrogens with one attached hydrogen (secondary N) is 2. The van der Waals surface area contributed by atoms with Crippen molar-refractivity contribution in [2.75, 3.05) is 31.5 Å². The summed E-state index contributed by atoms with van der Waals surface area (Å²) in [7, 11) is 0. The van der Waals surface area contributed by atoms with Crippen molar-refractivity contribution >= 4 is 17.7 Å². The predicted octanol–water partition coefficient (Wildman–Crippen LogP) is 0.822. The summed E-state index contributed by atoms with van der Waals surface area (Å²) in [6, 6.07) is 6.02. The van der Waals surface area contributed by atoms with Gasteiger partial charge < -0.3 is 20.6 Å². The molecule has 1 heterocycles. The number of carboxylic acid groups (broad SMARTS) is 1. The zero-order chi connectivity index (χ0) is 13.0. The maximum atomic E-state index is 11.9. The first kappa shape index (κ1) is 12.4. The van der Waals surface area contributed by atoms with Crippen LogP contribution in [0.4, 0.5) is 10.5 Å². The molecule has 0 aliphatic carbocycles. The monoisotopic (exact) mass is 249 g/mol. The molecular weight excluding hydrogens is 234 g/mol. The highest BCUT2D eigenvalue weighted by Gasteiger charge is 2.16. The van der Waals surface area contributed by atoms with Crippen molar-refractivity contribution in [2.45, 2.75) is 0 Å². The molecule has 96 valence electrons. The van der Waals surface area contributed by atoms with Crippen molar-refractivity contribution in [1.29, 1.82) is 0 Å². The smallest absolute Gasteiger partial charge is 0.335 e. The summed E-state index contributed by atoms with van der Waals surface area (Å²) >= 11 is 0. The third kappa shape index (κ3) is 2.98. The summed E-state index contributed by atoms with van der Waals surface area (Å²) in [4.78, 5) is 24.4. The van der Waals surface area contributed by atoms with Gasteiger partial charge in [0.2, 0.25) is 0 Å². The summed E-state index contributed by atoms with van der Waals surface area (Å²) in [6.07, 6.45) is 0. The fraction of sp³-hybridized carbons (Fsp3) is 0.333. The Balaban J connectivity index is 2.02. The first-order valence-electron chi connectivity index (χ1n) is 5.77. The molecule has 0 aromatic heterocycles. The molecule has 1 aliphatic rings. The van der Waals surface area contributed by atoms with Crippen LogP contribution in [-0.2, 0) is 0 Å². The zero-order valence-electron chi connectivity index (χ0n) is 9.85. The topological polar surface area (TPSA) is 81.7 Å². The molecule has 0 saturated carbocycles.